The van der Waals surface area contributed by atoms with Crippen LogP contribution in [0.1, 0.15) is 27.2 Å². The molecule has 0 unspecified atom stereocenters. The number of hydrogen-bond donors (Lipinski definition) is 2. The summed E-state index contributed by atoms with van der Waals surface area (Å²) in [6.45, 7) is 5.58. The van der Waals surface area contributed by atoms with E-state index in [1.54, 1.807) is 26.8 Å². The Morgan fingerprint density at radius 2 is 1.93 bits per heavy atom. The maximum atomic E-state index is 11.1. The topological polar surface area (TPSA) is 75.6 Å². The zero-order valence-electron chi connectivity index (χ0n) is 9.24. The van der Waals surface area contributed by atoms with Crippen molar-refractivity contribution in [1.82, 2.24) is 5.32 Å². The monoisotopic (exact) mass is 215 g/mol. The lowest BCUT2D eigenvalue weighted by atomic mass is 10.2. The van der Waals surface area contributed by atoms with E-state index in [-0.39, 0.29) is 13.0 Å². The number of carbonyl (C=O) groups is 2. The third kappa shape index (κ3) is 10.4. The van der Waals surface area contributed by atoms with Crippen molar-refractivity contribution in [2.24, 2.45) is 0 Å². The fourth-order valence-electron chi connectivity index (χ4n) is 0.724. The van der Waals surface area contributed by atoms with Crippen LogP contribution in [0.5, 0.6) is 0 Å². The maximum absolute atomic E-state index is 11.1. The smallest absolute Gasteiger partial charge is 0.407 e. The maximum Gasteiger partial charge on any atom is 0.407 e. The first-order valence-corrected chi connectivity index (χ1v) is 4.65. The number of carboxylic acids is 1. The fourth-order valence-corrected chi connectivity index (χ4v) is 0.724. The number of nitrogens with one attached hydrogen (secondary N) is 1. The molecule has 2 N–H and O–H groups in total. The number of hydrogen-bond acceptors (Lipinski definition) is 3. The third-order valence-electron chi connectivity index (χ3n) is 1.22. The number of carboxylic acid groups (broad SMARTS) is 1. The summed E-state index contributed by atoms with van der Waals surface area (Å²) in [6.07, 6.45) is 2.48. The molecular weight excluding hydrogens is 198 g/mol. The molecule has 5 heteroatoms. The summed E-state index contributed by atoms with van der Waals surface area (Å²) in [5.74, 6) is -0.900. The van der Waals surface area contributed by atoms with Gasteiger partial charge in [0.25, 0.3) is 0 Å². The van der Waals surface area contributed by atoms with Crippen molar-refractivity contribution in [3.05, 3.63) is 12.2 Å². The molecule has 0 aromatic heterocycles. The minimum absolute atomic E-state index is 0.0456. The Balaban J connectivity index is 3.64. The van der Waals surface area contributed by atoms with Gasteiger partial charge < -0.3 is 15.2 Å². The standard InChI is InChI=1S/C10H17NO4/c1-10(2,3)15-9(14)11-7-5-4-6-8(12)13/h4-5H,6-7H2,1-3H3,(H,11,14)(H,12,13)/b5-4-. The highest BCUT2D eigenvalue weighted by molar-refractivity contribution is 5.69. The highest BCUT2D eigenvalue weighted by atomic mass is 16.6. The molecule has 0 fully saturated rings. The average Bonchev–Trinajstić information content (AvgIpc) is 1.99. The van der Waals surface area contributed by atoms with E-state index in [9.17, 15) is 9.59 Å². The van der Waals surface area contributed by atoms with Gasteiger partial charge >= 0.3 is 12.1 Å². The van der Waals surface area contributed by atoms with Gasteiger partial charge in [-0.05, 0) is 20.8 Å². The first-order valence-electron chi connectivity index (χ1n) is 4.65. The number of ether oxygens (including phenoxy) is 1. The summed E-state index contributed by atoms with van der Waals surface area (Å²) >= 11 is 0. The molecule has 0 saturated heterocycles. The van der Waals surface area contributed by atoms with Crippen LogP contribution < -0.4 is 5.32 Å². The summed E-state index contributed by atoms with van der Waals surface area (Å²) in [4.78, 5) is 21.2. The second-order valence-corrected chi connectivity index (χ2v) is 3.95. The van der Waals surface area contributed by atoms with Crippen molar-refractivity contribution in [2.75, 3.05) is 6.54 Å². The molecule has 0 aromatic carbocycles. The van der Waals surface area contributed by atoms with Crippen molar-refractivity contribution in [1.29, 1.82) is 0 Å². The highest BCUT2D eigenvalue weighted by Gasteiger charge is 2.14. The zero-order valence-corrected chi connectivity index (χ0v) is 9.24. The van der Waals surface area contributed by atoms with Crippen LogP contribution in [0.3, 0.4) is 0 Å². The highest BCUT2D eigenvalue weighted by Crippen LogP contribution is 2.05. The molecule has 0 spiro atoms. The van der Waals surface area contributed by atoms with E-state index in [0.717, 1.165) is 0 Å². The molecule has 1 amide bonds. The molecule has 0 saturated carbocycles. The van der Waals surface area contributed by atoms with E-state index in [1.165, 1.54) is 6.08 Å². The van der Waals surface area contributed by atoms with Crippen LogP contribution in [0, 0.1) is 0 Å². The number of rotatable bonds is 4. The Labute approximate surface area is 89.1 Å². The van der Waals surface area contributed by atoms with Crippen LogP contribution in [0.25, 0.3) is 0 Å². The van der Waals surface area contributed by atoms with E-state index < -0.39 is 17.7 Å². The molecule has 0 aliphatic rings. The summed E-state index contributed by atoms with van der Waals surface area (Å²) < 4.78 is 4.97. The van der Waals surface area contributed by atoms with Crippen LogP contribution in [0.15, 0.2) is 12.2 Å². The van der Waals surface area contributed by atoms with Gasteiger partial charge in [-0.3, -0.25) is 4.79 Å². The summed E-state index contributed by atoms with van der Waals surface area (Å²) in [7, 11) is 0. The van der Waals surface area contributed by atoms with E-state index in [4.69, 9.17) is 9.84 Å². The molecule has 5 nitrogen and oxygen atoms in total. The minimum atomic E-state index is -0.900. The lowest BCUT2D eigenvalue weighted by Gasteiger charge is -2.19. The second kappa shape index (κ2) is 6.06. The van der Waals surface area contributed by atoms with Crippen molar-refractivity contribution in [3.63, 3.8) is 0 Å². The number of carbonyl (C=O) groups excluding carboxylic acids is 1. The van der Waals surface area contributed by atoms with Gasteiger partial charge in [0.15, 0.2) is 0 Å². The Bertz CT molecular complexity index is 253. The lowest BCUT2D eigenvalue weighted by molar-refractivity contribution is -0.136. The van der Waals surface area contributed by atoms with Crippen LogP contribution in [-0.4, -0.2) is 29.3 Å². The van der Waals surface area contributed by atoms with Crippen molar-refractivity contribution in [2.45, 2.75) is 32.8 Å². The molecular formula is C10H17NO4. The van der Waals surface area contributed by atoms with E-state index in [1.807, 2.05) is 0 Å². The summed E-state index contributed by atoms with van der Waals surface area (Å²) in [5.41, 5.74) is -0.519. The summed E-state index contributed by atoms with van der Waals surface area (Å²) in [6, 6.07) is 0. The van der Waals surface area contributed by atoms with Crippen molar-refractivity contribution >= 4 is 12.1 Å². The molecule has 86 valence electrons. The first-order chi connectivity index (χ1) is 6.81. The van der Waals surface area contributed by atoms with Gasteiger partial charge in [-0.1, -0.05) is 12.2 Å². The Kier molecular flexibility index (Phi) is 5.44. The van der Waals surface area contributed by atoms with Gasteiger partial charge in [-0.25, -0.2) is 4.79 Å². The molecule has 0 radical (unpaired) electrons. The van der Waals surface area contributed by atoms with Gasteiger partial charge in [0, 0.05) is 6.54 Å². The van der Waals surface area contributed by atoms with E-state index in [2.05, 4.69) is 5.32 Å². The van der Waals surface area contributed by atoms with Gasteiger partial charge in [0.1, 0.15) is 5.60 Å². The van der Waals surface area contributed by atoms with Gasteiger partial charge in [0.2, 0.25) is 0 Å². The fraction of sp³-hybridized carbons (Fsp3) is 0.600. The van der Waals surface area contributed by atoms with Crippen LogP contribution in [0.2, 0.25) is 0 Å². The quantitative estimate of drug-likeness (QED) is 0.697. The normalized spacial score (nSPS) is 11.4. The molecule has 0 rings (SSSR count). The predicted molar refractivity (Wildman–Crippen MR) is 55.6 cm³/mol. The first kappa shape index (κ1) is 13.5. The number of alkyl carbamates (subject to hydrolysis) is 1. The second-order valence-electron chi connectivity index (χ2n) is 3.95. The Hall–Kier alpha value is -1.52. The molecule has 15 heavy (non-hydrogen) atoms. The Morgan fingerprint density at radius 1 is 1.33 bits per heavy atom. The predicted octanol–water partition coefficient (Wildman–Crippen LogP) is 1.54. The molecule has 0 aliphatic heterocycles. The number of amides is 1. The SMILES string of the molecule is CC(C)(C)OC(=O)NC/C=C\CC(=O)O. The zero-order chi connectivity index (χ0) is 11.9. The van der Waals surface area contributed by atoms with Gasteiger partial charge in [0.05, 0.1) is 6.42 Å². The van der Waals surface area contributed by atoms with Crippen LogP contribution in [0.4, 0.5) is 4.79 Å². The average molecular weight is 215 g/mol. The van der Waals surface area contributed by atoms with Gasteiger partial charge in [-0.2, -0.15) is 0 Å². The van der Waals surface area contributed by atoms with Crippen LogP contribution >= 0.6 is 0 Å². The molecule has 0 aromatic rings. The van der Waals surface area contributed by atoms with Crippen molar-refractivity contribution < 1.29 is 19.4 Å². The largest absolute Gasteiger partial charge is 0.481 e. The van der Waals surface area contributed by atoms with E-state index in [0.29, 0.717) is 0 Å². The minimum Gasteiger partial charge on any atom is -0.481 e. The molecule has 0 atom stereocenters. The molecule has 0 bridgehead atoms. The summed E-state index contributed by atoms with van der Waals surface area (Å²) in [5, 5.41) is 10.8. The van der Waals surface area contributed by atoms with Gasteiger partial charge in [-0.15, -0.1) is 0 Å². The van der Waals surface area contributed by atoms with E-state index >= 15 is 0 Å². The lowest BCUT2D eigenvalue weighted by Crippen LogP contribution is -2.32. The van der Waals surface area contributed by atoms with Crippen LogP contribution in [-0.2, 0) is 9.53 Å². The third-order valence-corrected chi connectivity index (χ3v) is 1.22. The molecule has 0 heterocycles. The Morgan fingerprint density at radius 3 is 2.40 bits per heavy atom. The van der Waals surface area contributed by atoms with Crippen molar-refractivity contribution in [3.8, 4) is 0 Å². The molecule has 0 aliphatic carbocycles. The number of aliphatic carboxylic acids is 1.